The van der Waals surface area contributed by atoms with Crippen LogP contribution in [0.5, 0.6) is 5.75 Å². The summed E-state index contributed by atoms with van der Waals surface area (Å²) < 4.78 is 47.4. The van der Waals surface area contributed by atoms with Gasteiger partial charge in [0.15, 0.2) is 0 Å². The molecule has 3 aliphatic heterocycles. The van der Waals surface area contributed by atoms with Gasteiger partial charge in [-0.25, -0.2) is 9.97 Å². The zero-order valence-corrected chi connectivity index (χ0v) is 30.6. The normalized spacial score (nSPS) is 18.8. The summed E-state index contributed by atoms with van der Waals surface area (Å²) in [6, 6.07) is 12.8. The monoisotopic (exact) mass is 760 g/mol. The summed E-state index contributed by atoms with van der Waals surface area (Å²) in [7, 11) is 0. The molecule has 4 amide bonds. The minimum atomic E-state index is -4.68. The van der Waals surface area contributed by atoms with E-state index in [4.69, 9.17) is 9.72 Å². The Balaban J connectivity index is 0.920. The first kappa shape index (κ1) is 37.8. The molecule has 4 aromatic rings. The molecule has 16 heteroatoms. The van der Waals surface area contributed by atoms with Gasteiger partial charge in [0.05, 0.1) is 24.3 Å². The van der Waals surface area contributed by atoms with Crippen LogP contribution in [0.1, 0.15) is 78.8 Å². The van der Waals surface area contributed by atoms with Gasteiger partial charge in [-0.05, 0) is 76.0 Å². The number of amides is 4. The third kappa shape index (κ3) is 8.74. The van der Waals surface area contributed by atoms with Crippen LogP contribution in [0.2, 0.25) is 0 Å². The summed E-state index contributed by atoms with van der Waals surface area (Å²) >= 11 is 0. The Morgan fingerprint density at radius 1 is 0.945 bits per heavy atom. The minimum Gasteiger partial charge on any atom is -0.489 e. The molecular formula is C39H43F3N8O5. The van der Waals surface area contributed by atoms with E-state index in [2.05, 4.69) is 25.4 Å². The van der Waals surface area contributed by atoms with Gasteiger partial charge in [0.1, 0.15) is 28.5 Å². The maximum absolute atomic E-state index is 13.3. The number of piperazine rings is 1. The van der Waals surface area contributed by atoms with Crippen LogP contribution < -0.4 is 20.3 Å². The highest BCUT2D eigenvalue weighted by Gasteiger charge is 2.33. The summed E-state index contributed by atoms with van der Waals surface area (Å²) in [6.07, 6.45) is 1.06. The molecule has 13 nitrogen and oxygen atoms in total. The Labute approximate surface area is 315 Å². The Kier molecular flexibility index (Phi) is 10.8. The molecule has 0 aliphatic carbocycles. The number of aromatic nitrogens is 3. The van der Waals surface area contributed by atoms with Gasteiger partial charge in [-0.2, -0.15) is 13.2 Å². The van der Waals surface area contributed by atoms with Crippen LogP contribution in [0.15, 0.2) is 60.9 Å². The number of likely N-dealkylation sites (tertiary alicyclic amines) is 1. The highest BCUT2D eigenvalue weighted by molar-refractivity contribution is 6.04. The number of imidazole rings is 1. The Hall–Kier alpha value is -5.51. The number of benzene rings is 1. The van der Waals surface area contributed by atoms with E-state index in [9.17, 15) is 32.3 Å². The third-order valence-electron chi connectivity index (χ3n) is 10.4. The molecule has 3 fully saturated rings. The fourth-order valence-corrected chi connectivity index (χ4v) is 7.40. The fraction of sp³-hybridized carbons (Fsp3) is 0.436. The molecule has 3 saturated heterocycles. The van der Waals surface area contributed by atoms with Crippen LogP contribution in [0.4, 0.5) is 24.5 Å². The molecule has 0 saturated carbocycles. The summed E-state index contributed by atoms with van der Waals surface area (Å²) in [6.45, 7) is 8.11. The Bertz CT molecular complexity index is 2070. The van der Waals surface area contributed by atoms with Crippen molar-refractivity contribution in [3.05, 3.63) is 83.6 Å². The highest BCUT2D eigenvalue weighted by Crippen LogP contribution is 2.33. The molecular weight excluding hydrogens is 717 g/mol. The first-order valence-corrected chi connectivity index (χ1v) is 18.5. The number of hydrogen-bond donors (Lipinski definition) is 2. The predicted molar refractivity (Wildman–Crippen MR) is 197 cm³/mol. The molecule has 0 spiro atoms. The van der Waals surface area contributed by atoms with E-state index in [0.717, 1.165) is 55.0 Å². The van der Waals surface area contributed by atoms with Gasteiger partial charge in [-0.3, -0.25) is 29.4 Å². The lowest BCUT2D eigenvalue weighted by molar-refractivity contribution is -0.141. The van der Waals surface area contributed by atoms with Crippen molar-refractivity contribution in [3.63, 3.8) is 0 Å². The number of nitrogens with zero attached hydrogens (tertiary/aromatic N) is 6. The molecule has 0 bridgehead atoms. The molecule has 7 rings (SSSR count). The smallest absolute Gasteiger partial charge is 0.433 e. The van der Waals surface area contributed by atoms with Crippen LogP contribution in [0, 0.1) is 0 Å². The summed E-state index contributed by atoms with van der Waals surface area (Å²) in [4.78, 5) is 64.8. The summed E-state index contributed by atoms with van der Waals surface area (Å²) in [5.41, 5.74) is 2.13. The molecule has 2 N–H and O–H groups in total. The van der Waals surface area contributed by atoms with Crippen molar-refractivity contribution in [1.82, 2.24) is 29.5 Å². The van der Waals surface area contributed by atoms with Crippen molar-refractivity contribution in [2.24, 2.45) is 0 Å². The SMILES string of the molecule is CC(C)Oc1cc2nc(C3CCN(CC(=O)N4CCN(c5ccc(C6CCC(=O)NC6=O)cc5)CC4)CC3)cn2cc1NC(=O)c1cccc(C(F)(F)F)n1. The average molecular weight is 761 g/mol. The number of anilines is 2. The van der Waals surface area contributed by atoms with Crippen LogP contribution >= 0.6 is 0 Å². The van der Waals surface area contributed by atoms with Gasteiger partial charge < -0.3 is 24.3 Å². The Morgan fingerprint density at radius 3 is 2.35 bits per heavy atom. The second-order valence-corrected chi connectivity index (χ2v) is 14.5. The number of alkyl halides is 3. The lowest BCUT2D eigenvalue weighted by Crippen LogP contribution is -2.51. The maximum Gasteiger partial charge on any atom is 0.433 e. The number of hydrogen-bond acceptors (Lipinski definition) is 9. The number of carbonyl (C=O) groups excluding carboxylic acids is 4. The highest BCUT2D eigenvalue weighted by atomic mass is 19.4. The number of nitrogens with one attached hydrogen (secondary N) is 2. The second-order valence-electron chi connectivity index (χ2n) is 14.5. The molecule has 1 aromatic carbocycles. The van der Waals surface area contributed by atoms with Gasteiger partial charge in [-0.15, -0.1) is 0 Å². The maximum atomic E-state index is 13.3. The molecule has 1 atom stereocenters. The second kappa shape index (κ2) is 15.7. The van der Waals surface area contributed by atoms with Gasteiger partial charge in [-0.1, -0.05) is 18.2 Å². The number of piperidine rings is 2. The van der Waals surface area contributed by atoms with Crippen LogP contribution in [0.25, 0.3) is 5.65 Å². The summed E-state index contributed by atoms with van der Waals surface area (Å²) in [5.74, 6) is -1.01. The van der Waals surface area contributed by atoms with E-state index < -0.39 is 17.8 Å². The van der Waals surface area contributed by atoms with E-state index >= 15 is 0 Å². The van der Waals surface area contributed by atoms with Gasteiger partial charge in [0.2, 0.25) is 17.7 Å². The van der Waals surface area contributed by atoms with Crippen molar-refractivity contribution in [3.8, 4) is 5.75 Å². The van der Waals surface area contributed by atoms with Crippen molar-refractivity contribution < 1.29 is 37.1 Å². The molecule has 55 heavy (non-hydrogen) atoms. The molecule has 3 aliphatic rings. The van der Waals surface area contributed by atoms with Crippen LogP contribution in [-0.4, -0.2) is 99.7 Å². The zero-order valence-electron chi connectivity index (χ0n) is 30.6. The average Bonchev–Trinajstić information content (AvgIpc) is 3.57. The zero-order chi connectivity index (χ0) is 38.9. The first-order valence-electron chi connectivity index (χ1n) is 18.5. The number of fused-ring (bicyclic) bond motifs is 1. The number of imide groups is 1. The molecule has 3 aromatic heterocycles. The first-order chi connectivity index (χ1) is 26.3. The number of halogens is 3. The number of ether oxygens (including phenoxy) is 1. The van der Waals surface area contributed by atoms with Crippen molar-refractivity contribution in [2.75, 3.05) is 56.0 Å². The van der Waals surface area contributed by atoms with E-state index in [1.165, 1.54) is 6.07 Å². The molecule has 0 radical (unpaired) electrons. The number of carbonyl (C=O) groups is 4. The fourth-order valence-electron chi connectivity index (χ4n) is 7.40. The van der Waals surface area contributed by atoms with Gasteiger partial charge >= 0.3 is 6.18 Å². The largest absolute Gasteiger partial charge is 0.489 e. The number of pyridine rings is 2. The summed E-state index contributed by atoms with van der Waals surface area (Å²) in [5, 5.41) is 5.08. The third-order valence-corrected chi connectivity index (χ3v) is 10.4. The van der Waals surface area contributed by atoms with Crippen LogP contribution in [-0.2, 0) is 20.6 Å². The topological polar surface area (TPSA) is 141 Å². The standard InChI is InChI=1S/C39H43F3N8O5/c1-24(2)55-32-20-34-44-30(21-50(34)22-31(32)45-38(54)29-4-3-5-33(43-29)39(40,41)42)26-12-14-47(15-13-26)23-36(52)49-18-16-48(17-19-49)27-8-6-25(7-9-27)28-10-11-35(51)46-37(28)53/h3-9,20-22,24,26,28H,10-19,23H2,1-2H3,(H,45,54)(H,46,51,53). The van der Waals surface area contributed by atoms with Crippen molar-refractivity contribution in [1.29, 1.82) is 0 Å². The van der Waals surface area contributed by atoms with E-state index in [0.29, 0.717) is 57.0 Å². The molecule has 1 unspecified atom stereocenters. The lowest BCUT2D eigenvalue weighted by atomic mass is 9.90. The Morgan fingerprint density at radius 2 is 1.67 bits per heavy atom. The van der Waals surface area contributed by atoms with Gasteiger partial charge in [0.25, 0.3) is 5.91 Å². The van der Waals surface area contributed by atoms with Gasteiger partial charge in [0, 0.05) is 62.7 Å². The van der Waals surface area contributed by atoms with E-state index in [1.807, 2.05) is 49.2 Å². The lowest BCUT2D eigenvalue weighted by Gasteiger charge is -2.38. The van der Waals surface area contributed by atoms with E-state index in [-0.39, 0.29) is 47.0 Å². The minimum absolute atomic E-state index is 0.103. The van der Waals surface area contributed by atoms with Crippen molar-refractivity contribution in [2.45, 2.75) is 63.6 Å². The molecule has 6 heterocycles. The quantitative estimate of drug-likeness (QED) is 0.230. The van der Waals surface area contributed by atoms with Crippen molar-refractivity contribution >= 4 is 40.7 Å². The van der Waals surface area contributed by atoms with E-state index in [1.54, 1.807) is 16.7 Å². The molecule has 290 valence electrons. The predicted octanol–water partition coefficient (Wildman–Crippen LogP) is 4.84. The number of rotatable bonds is 9. The van der Waals surface area contributed by atoms with Crippen LogP contribution in [0.3, 0.4) is 0 Å².